The van der Waals surface area contributed by atoms with Crippen molar-refractivity contribution in [3.05, 3.63) is 70.7 Å². The van der Waals surface area contributed by atoms with Gasteiger partial charge in [0.25, 0.3) is 0 Å². The van der Waals surface area contributed by atoms with Crippen LogP contribution in [0.4, 0.5) is 0 Å². The SMILES string of the molecule is C#C[C@@H](CC(=O)c1ccccc1Cl)c1ccccc1. The maximum Gasteiger partial charge on any atom is 0.165 e. The number of hydrogen-bond acceptors (Lipinski definition) is 1. The van der Waals surface area contributed by atoms with Gasteiger partial charge in [-0.25, -0.2) is 0 Å². The Labute approximate surface area is 118 Å². The number of halogens is 1. The monoisotopic (exact) mass is 268 g/mol. The Morgan fingerprint density at radius 1 is 1.11 bits per heavy atom. The van der Waals surface area contributed by atoms with Crippen LogP contribution in [-0.2, 0) is 0 Å². The number of rotatable bonds is 4. The minimum Gasteiger partial charge on any atom is -0.294 e. The molecule has 0 radical (unpaired) electrons. The summed E-state index contributed by atoms with van der Waals surface area (Å²) < 4.78 is 0. The van der Waals surface area contributed by atoms with Gasteiger partial charge in [0.15, 0.2) is 5.78 Å². The zero-order valence-electron chi connectivity index (χ0n) is 10.3. The first-order valence-corrected chi connectivity index (χ1v) is 6.39. The Balaban J connectivity index is 2.19. The molecule has 0 saturated carbocycles. The molecule has 0 amide bonds. The van der Waals surface area contributed by atoms with Crippen molar-refractivity contribution in [2.75, 3.05) is 0 Å². The lowest BCUT2D eigenvalue weighted by molar-refractivity contribution is 0.0979. The first kappa shape index (κ1) is 13.4. The van der Waals surface area contributed by atoms with E-state index in [-0.39, 0.29) is 18.1 Å². The average molecular weight is 269 g/mol. The topological polar surface area (TPSA) is 17.1 Å². The molecule has 1 atom stereocenters. The number of benzene rings is 2. The number of ketones is 1. The fourth-order valence-corrected chi connectivity index (χ4v) is 2.18. The van der Waals surface area contributed by atoms with Gasteiger partial charge in [0, 0.05) is 12.0 Å². The summed E-state index contributed by atoms with van der Waals surface area (Å²) in [5.74, 6) is 2.43. The first-order chi connectivity index (χ1) is 9.22. The second kappa shape index (κ2) is 6.22. The van der Waals surface area contributed by atoms with Crippen LogP contribution in [0.1, 0.15) is 28.3 Å². The Morgan fingerprint density at radius 3 is 2.37 bits per heavy atom. The number of hydrogen-bond donors (Lipinski definition) is 0. The van der Waals surface area contributed by atoms with E-state index in [1.165, 1.54) is 0 Å². The lowest BCUT2D eigenvalue weighted by Gasteiger charge is -2.10. The maximum absolute atomic E-state index is 12.2. The summed E-state index contributed by atoms with van der Waals surface area (Å²) in [5, 5.41) is 0.469. The van der Waals surface area contributed by atoms with Crippen LogP contribution in [0.15, 0.2) is 54.6 Å². The summed E-state index contributed by atoms with van der Waals surface area (Å²) in [6.45, 7) is 0. The van der Waals surface area contributed by atoms with Crippen molar-refractivity contribution in [3.8, 4) is 12.3 Å². The minimum atomic E-state index is -0.218. The second-order valence-electron chi connectivity index (χ2n) is 4.24. The van der Waals surface area contributed by atoms with Gasteiger partial charge >= 0.3 is 0 Å². The maximum atomic E-state index is 12.2. The van der Waals surface area contributed by atoms with Gasteiger partial charge in [-0.2, -0.15) is 0 Å². The highest BCUT2D eigenvalue weighted by molar-refractivity contribution is 6.33. The van der Waals surface area contributed by atoms with Gasteiger partial charge in [-0.1, -0.05) is 60.0 Å². The summed E-state index contributed by atoms with van der Waals surface area (Å²) in [6.07, 6.45) is 5.80. The molecule has 0 spiro atoms. The highest BCUT2D eigenvalue weighted by Gasteiger charge is 2.16. The lowest BCUT2D eigenvalue weighted by Crippen LogP contribution is -2.06. The van der Waals surface area contributed by atoms with Gasteiger partial charge in [-0.15, -0.1) is 6.42 Å². The van der Waals surface area contributed by atoms with E-state index >= 15 is 0 Å². The molecule has 0 N–H and O–H groups in total. The lowest BCUT2D eigenvalue weighted by atomic mass is 9.92. The van der Waals surface area contributed by atoms with Gasteiger partial charge in [0.05, 0.1) is 10.9 Å². The summed E-state index contributed by atoms with van der Waals surface area (Å²) in [5.41, 5.74) is 1.51. The molecule has 2 rings (SSSR count). The number of Topliss-reactive ketones (excluding diaryl/α,β-unsaturated/α-hetero) is 1. The van der Waals surface area contributed by atoms with Crippen LogP contribution in [0.3, 0.4) is 0 Å². The van der Waals surface area contributed by atoms with Crippen LogP contribution >= 0.6 is 11.6 Å². The molecule has 94 valence electrons. The molecule has 0 bridgehead atoms. The largest absolute Gasteiger partial charge is 0.294 e. The molecule has 2 heteroatoms. The average Bonchev–Trinajstić information content (AvgIpc) is 2.46. The highest BCUT2D eigenvalue weighted by Crippen LogP contribution is 2.23. The molecule has 0 aromatic heterocycles. The molecule has 0 heterocycles. The number of carbonyl (C=O) groups is 1. The molecule has 0 aliphatic carbocycles. The van der Waals surface area contributed by atoms with E-state index in [1.54, 1.807) is 24.3 Å². The summed E-state index contributed by atoms with van der Waals surface area (Å²) in [6, 6.07) is 16.7. The normalized spacial score (nSPS) is 11.6. The zero-order valence-corrected chi connectivity index (χ0v) is 11.1. The fraction of sp³-hybridized carbons (Fsp3) is 0.118. The fourth-order valence-electron chi connectivity index (χ4n) is 1.94. The van der Waals surface area contributed by atoms with Crippen LogP contribution in [0, 0.1) is 12.3 Å². The van der Waals surface area contributed by atoms with Crippen molar-refractivity contribution in [2.45, 2.75) is 12.3 Å². The van der Waals surface area contributed by atoms with E-state index in [2.05, 4.69) is 5.92 Å². The Bertz CT molecular complexity index is 611. The minimum absolute atomic E-state index is 0.0302. The van der Waals surface area contributed by atoms with Crippen LogP contribution < -0.4 is 0 Å². The third-order valence-corrected chi connectivity index (χ3v) is 3.30. The Morgan fingerprint density at radius 2 is 1.74 bits per heavy atom. The van der Waals surface area contributed by atoms with Crippen molar-refractivity contribution in [3.63, 3.8) is 0 Å². The molecule has 0 fully saturated rings. The van der Waals surface area contributed by atoms with Gasteiger partial charge in [0.1, 0.15) is 0 Å². The predicted molar refractivity (Wildman–Crippen MR) is 78.4 cm³/mol. The van der Waals surface area contributed by atoms with Crippen LogP contribution in [-0.4, -0.2) is 5.78 Å². The molecule has 1 nitrogen and oxygen atoms in total. The van der Waals surface area contributed by atoms with Crippen LogP contribution in [0.5, 0.6) is 0 Å². The van der Waals surface area contributed by atoms with Crippen LogP contribution in [0.2, 0.25) is 5.02 Å². The van der Waals surface area contributed by atoms with Crippen LogP contribution in [0.25, 0.3) is 0 Å². The molecule has 0 unspecified atom stereocenters. The van der Waals surface area contributed by atoms with Gasteiger partial charge < -0.3 is 0 Å². The molecule has 19 heavy (non-hydrogen) atoms. The molecule has 2 aromatic rings. The molecule has 0 aliphatic heterocycles. The molecule has 0 saturated heterocycles. The van der Waals surface area contributed by atoms with Crippen molar-refractivity contribution in [1.82, 2.24) is 0 Å². The molecular formula is C17H13ClO. The quantitative estimate of drug-likeness (QED) is 0.596. The molecule has 2 aromatic carbocycles. The van der Waals surface area contributed by atoms with E-state index in [1.807, 2.05) is 30.3 Å². The standard InChI is InChI=1S/C17H13ClO/c1-2-13(14-8-4-3-5-9-14)12-17(19)15-10-6-7-11-16(15)18/h1,3-11,13H,12H2/t13-/m0/s1. The van der Waals surface area contributed by atoms with E-state index in [0.717, 1.165) is 5.56 Å². The third kappa shape index (κ3) is 3.24. The molecule has 0 aliphatic rings. The zero-order chi connectivity index (χ0) is 13.7. The Kier molecular flexibility index (Phi) is 4.39. The first-order valence-electron chi connectivity index (χ1n) is 6.01. The van der Waals surface area contributed by atoms with Crippen molar-refractivity contribution < 1.29 is 4.79 Å². The second-order valence-corrected chi connectivity index (χ2v) is 4.64. The Hall–Kier alpha value is -2.04. The van der Waals surface area contributed by atoms with E-state index in [9.17, 15) is 4.79 Å². The predicted octanol–water partition coefficient (Wildman–Crippen LogP) is 4.33. The number of terminal acetylenes is 1. The van der Waals surface area contributed by atoms with E-state index in [4.69, 9.17) is 18.0 Å². The summed E-state index contributed by atoms with van der Waals surface area (Å²) in [7, 11) is 0. The highest BCUT2D eigenvalue weighted by atomic mass is 35.5. The van der Waals surface area contributed by atoms with Gasteiger partial charge in [-0.3, -0.25) is 4.79 Å². The summed E-state index contributed by atoms with van der Waals surface area (Å²) in [4.78, 5) is 12.2. The van der Waals surface area contributed by atoms with Crippen molar-refractivity contribution in [1.29, 1.82) is 0 Å². The summed E-state index contributed by atoms with van der Waals surface area (Å²) >= 11 is 6.02. The smallest absolute Gasteiger partial charge is 0.165 e. The van der Waals surface area contributed by atoms with Gasteiger partial charge in [-0.05, 0) is 17.7 Å². The van der Waals surface area contributed by atoms with E-state index < -0.39 is 0 Å². The number of carbonyl (C=O) groups excluding carboxylic acids is 1. The molecular weight excluding hydrogens is 256 g/mol. The van der Waals surface area contributed by atoms with Crippen molar-refractivity contribution >= 4 is 17.4 Å². The van der Waals surface area contributed by atoms with Crippen molar-refractivity contribution in [2.24, 2.45) is 0 Å². The van der Waals surface area contributed by atoms with E-state index in [0.29, 0.717) is 10.6 Å². The third-order valence-electron chi connectivity index (χ3n) is 2.97. The van der Waals surface area contributed by atoms with Gasteiger partial charge in [0.2, 0.25) is 0 Å².